The maximum absolute atomic E-state index is 11.4. The average molecular weight is 257 g/mol. The fourth-order valence-corrected chi connectivity index (χ4v) is 1.31. The first-order valence-corrected chi connectivity index (χ1v) is 6.14. The highest BCUT2D eigenvalue weighted by Crippen LogP contribution is 2.01. The molecule has 0 aromatic rings. The summed E-state index contributed by atoms with van der Waals surface area (Å²) in [6.07, 6.45) is 2.56. The fourth-order valence-electron chi connectivity index (χ4n) is 1.31. The van der Waals surface area contributed by atoms with Gasteiger partial charge in [0, 0.05) is 47.0 Å². The monoisotopic (exact) mass is 257 g/mol. The van der Waals surface area contributed by atoms with Gasteiger partial charge in [-0.15, -0.1) is 0 Å². The van der Waals surface area contributed by atoms with E-state index in [9.17, 15) is 14.4 Å². The van der Waals surface area contributed by atoms with Crippen LogP contribution >= 0.6 is 0 Å². The van der Waals surface area contributed by atoms with Crippen LogP contribution < -0.4 is 10.6 Å². The van der Waals surface area contributed by atoms with Crippen molar-refractivity contribution < 1.29 is 14.4 Å². The summed E-state index contributed by atoms with van der Waals surface area (Å²) in [6, 6.07) is 0. The number of carbonyl (C=O) groups is 3. The van der Waals surface area contributed by atoms with E-state index in [4.69, 9.17) is 0 Å². The largest absolute Gasteiger partial charge is 0.359 e. The number of nitrogens with one attached hydrogen (secondary N) is 2. The third kappa shape index (κ3) is 8.55. The fraction of sp³-hybridized carbons (Fsp3) is 0.750. The van der Waals surface area contributed by atoms with Crippen LogP contribution in [-0.4, -0.2) is 50.3 Å². The summed E-state index contributed by atoms with van der Waals surface area (Å²) in [4.78, 5) is 35.0. The predicted octanol–water partition coefficient (Wildman–Crippen LogP) is -0.113. The van der Waals surface area contributed by atoms with Crippen LogP contribution in [0.2, 0.25) is 0 Å². The molecule has 2 N–H and O–H groups in total. The Morgan fingerprint density at radius 3 is 2.11 bits per heavy atom. The minimum atomic E-state index is -0.0909. The maximum Gasteiger partial charge on any atom is 0.222 e. The molecule has 0 aliphatic heterocycles. The van der Waals surface area contributed by atoms with Crippen molar-refractivity contribution in [2.45, 2.75) is 32.1 Å². The summed E-state index contributed by atoms with van der Waals surface area (Å²) in [5, 5.41) is 5.15. The predicted molar refractivity (Wildman–Crippen MR) is 68.9 cm³/mol. The van der Waals surface area contributed by atoms with Crippen molar-refractivity contribution in [3.63, 3.8) is 0 Å². The van der Waals surface area contributed by atoms with E-state index in [1.54, 1.807) is 26.0 Å². The molecule has 0 bridgehead atoms. The van der Waals surface area contributed by atoms with Crippen LogP contribution in [0.4, 0.5) is 0 Å². The third-order valence-corrected chi connectivity index (χ3v) is 2.50. The van der Waals surface area contributed by atoms with E-state index < -0.39 is 0 Å². The molecule has 0 fully saturated rings. The summed E-state index contributed by atoms with van der Waals surface area (Å²) in [7, 11) is 4.99. The van der Waals surface area contributed by atoms with E-state index in [0.29, 0.717) is 38.6 Å². The lowest BCUT2D eigenvalue weighted by atomic mass is 10.1. The van der Waals surface area contributed by atoms with Crippen LogP contribution in [0.3, 0.4) is 0 Å². The molecule has 0 aromatic heterocycles. The maximum atomic E-state index is 11.4. The zero-order valence-electron chi connectivity index (χ0n) is 11.4. The second-order valence-electron chi connectivity index (χ2n) is 4.27. The summed E-state index contributed by atoms with van der Waals surface area (Å²) in [5.41, 5.74) is 0. The average Bonchev–Trinajstić information content (AvgIpc) is 2.33. The molecule has 0 aromatic carbocycles. The summed E-state index contributed by atoms with van der Waals surface area (Å²) in [5.74, 6) is -0.0851. The van der Waals surface area contributed by atoms with Crippen molar-refractivity contribution in [3.8, 4) is 0 Å². The van der Waals surface area contributed by atoms with Crippen LogP contribution in [0.15, 0.2) is 0 Å². The van der Waals surface area contributed by atoms with Gasteiger partial charge in [-0.25, -0.2) is 0 Å². The molecular weight excluding hydrogens is 234 g/mol. The van der Waals surface area contributed by atoms with Crippen LogP contribution in [-0.2, 0) is 14.4 Å². The zero-order valence-corrected chi connectivity index (χ0v) is 11.4. The lowest BCUT2D eigenvalue weighted by Crippen LogP contribution is -2.29. The van der Waals surface area contributed by atoms with Gasteiger partial charge in [0.05, 0.1) is 0 Å². The second kappa shape index (κ2) is 9.44. The molecule has 6 nitrogen and oxygen atoms in total. The summed E-state index contributed by atoms with van der Waals surface area (Å²) < 4.78 is 0. The molecule has 0 spiro atoms. The van der Waals surface area contributed by atoms with Gasteiger partial charge in [-0.3, -0.25) is 14.4 Å². The number of hydrogen-bond acceptors (Lipinski definition) is 3. The van der Waals surface area contributed by atoms with E-state index in [0.717, 1.165) is 0 Å². The minimum absolute atomic E-state index is 0.0730. The second-order valence-corrected chi connectivity index (χ2v) is 4.27. The molecule has 0 unspecified atom stereocenters. The molecular formula is C12H23N3O3. The normalized spacial score (nSPS) is 9.72. The molecule has 0 atom stereocenters. The first-order chi connectivity index (χ1) is 8.47. The Hall–Kier alpha value is -1.59. The molecule has 0 aliphatic rings. The van der Waals surface area contributed by atoms with Crippen molar-refractivity contribution in [1.29, 1.82) is 0 Å². The lowest BCUT2D eigenvalue weighted by Gasteiger charge is -2.09. The van der Waals surface area contributed by atoms with Crippen molar-refractivity contribution in [2.24, 2.45) is 0 Å². The topological polar surface area (TPSA) is 78.5 Å². The quantitative estimate of drug-likeness (QED) is 0.595. The molecule has 3 amide bonds. The van der Waals surface area contributed by atoms with Gasteiger partial charge in [-0.05, 0) is 12.8 Å². The van der Waals surface area contributed by atoms with Gasteiger partial charge < -0.3 is 15.5 Å². The first-order valence-electron chi connectivity index (χ1n) is 6.14. The Bertz CT molecular complexity index is 290. The van der Waals surface area contributed by atoms with Crippen LogP contribution in [0.25, 0.3) is 0 Å². The van der Waals surface area contributed by atoms with Gasteiger partial charge in [-0.2, -0.15) is 0 Å². The van der Waals surface area contributed by atoms with Gasteiger partial charge in [0.2, 0.25) is 17.7 Å². The smallest absolute Gasteiger partial charge is 0.222 e. The van der Waals surface area contributed by atoms with E-state index in [1.807, 2.05) is 0 Å². The van der Waals surface area contributed by atoms with Gasteiger partial charge in [-0.1, -0.05) is 0 Å². The van der Waals surface area contributed by atoms with E-state index in [-0.39, 0.29) is 17.7 Å². The van der Waals surface area contributed by atoms with E-state index in [2.05, 4.69) is 10.6 Å². The number of rotatable bonds is 8. The lowest BCUT2D eigenvalue weighted by molar-refractivity contribution is -0.129. The molecule has 0 heterocycles. The van der Waals surface area contributed by atoms with Crippen LogP contribution in [0.1, 0.15) is 32.1 Å². The Labute approximate surface area is 108 Å². The van der Waals surface area contributed by atoms with Crippen LogP contribution in [0, 0.1) is 0 Å². The van der Waals surface area contributed by atoms with Gasteiger partial charge >= 0.3 is 0 Å². The SMILES string of the molecule is CNC(=O)CCNC(=O)CCCCC(=O)N(C)C. The number of unbranched alkanes of at least 4 members (excludes halogenated alkanes) is 1. The number of amides is 3. The van der Waals surface area contributed by atoms with Crippen molar-refractivity contribution in [2.75, 3.05) is 27.7 Å². The first kappa shape index (κ1) is 16.4. The Morgan fingerprint density at radius 2 is 1.56 bits per heavy atom. The minimum Gasteiger partial charge on any atom is -0.359 e. The molecule has 0 saturated carbocycles. The molecule has 0 saturated heterocycles. The molecule has 18 heavy (non-hydrogen) atoms. The number of hydrogen-bond donors (Lipinski definition) is 2. The van der Waals surface area contributed by atoms with E-state index >= 15 is 0 Å². The van der Waals surface area contributed by atoms with E-state index in [1.165, 1.54) is 0 Å². The molecule has 6 heteroatoms. The van der Waals surface area contributed by atoms with Crippen molar-refractivity contribution in [1.82, 2.24) is 15.5 Å². The van der Waals surface area contributed by atoms with Gasteiger partial charge in [0.25, 0.3) is 0 Å². The zero-order chi connectivity index (χ0) is 14.0. The number of carbonyl (C=O) groups excluding carboxylic acids is 3. The molecule has 0 aliphatic carbocycles. The highest BCUT2D eigenvalue weighted by Gasteiger charge is 2.05. The van der Waals surface area contributed by atoms with Gasteiger partial charge in [0.1, 0.15) is 0 Å². The molecule has 104 valence electrons. The highest BCUT2D eigenvalue weighted by atomic mass is 16.2. The Morgan fingerprint density at radius 1 is 0.944 bits per heavy atom. The van der Waals surface area contributed by atoms with Gasteiger partial charge in [0.15, 0.2) is 0 Å². The summed E-state index contributed by atoms with van der Waals surface area (Å²) >= 11 is 0. The Balaban J connectivity index is 3.48. The molecule has 0 rings (SSSR count). The molecule has 0 radical (unpaired) electrons. The standard InChI is InChI=1S/C12H23N3O3/c1-13-10(16)8-9-14-11(17)6-4-5-7-12(18)15(2)3/h4-9H2,1-3H3,(H,13,16)(H,14,17). The Kier molecular flexibility index (Phi) is 8.61. The van der Waals surface area contributed by atoms with Crippen molar-refractivity contribution in [3.05, 3.63) is 0 Å². The third-order valence-electron chi connectivity index (χ3n) is 2.50. The number of nitrogens with zero attached hydrogens (tertiary/aromatic N) is 1. The van der Waals surface area contributed by atoms with Crippen molar-refractivity contribution >= 4 is 17.7 Å². The van der Waals surface area contributed by atoms with Crippen LogP contribution in [0.5, 0.6) is 0 Å². The highest BCUT2D eigenvalue weighted by molar-refractivity contribution is 5.79. The summed E-state index contributed by atoms with van der Waals surface area (Å²) in [6.45, 7) is 0.356.